The van der Waals surface area contributed by atoms with Gasteiger partial charge in [0.2, 0.25) is 5.91 Å². The molecule has 1 aromatic rings. The Morgan fingerprint density at radius 1 is 1.50 bits per heavy atom. The molecule has 0 aliphatic carbocycles. The van der Waals surface area contributed by atoms with Crippen molar-refractivity contribution in [1.29, 1.82) is 0 Å². The van der Waals surface area contributed by atoms with Crippen molar-refractivity contribution in [2.45, 2.75) is 0 Å². The fourth-order valence-electron chi connectivity index (χ4n) is 1.50. The van der Waals surface area contributed by atoms with Crippen LogP contribution >= 0.6 is 12.4 Å². The predicted molar refractivity (Wildman–Crippen MR) is 63.3 cm³/mol. The van der Waals surface area contributed by atoms with Gasteiger partial charge in [0.05, 0.1) is 19.9 Å². The van der Waals surface area contributed by atoms with E-state index in [9.17, 15) is 4.79 Å². The van der Waals surface area contributed by atoms with Gasteiger partial charge in [-0.15, -0.1) is 12.4 Å². The van der Waals surface area contributed by atoms with Crippen LogP contribution in [0.2, 0.25) is 0 Å². The fraction of sp³-hybridized carbons (Fsp3) is 0.400. The zero-order valence-electron chi connectivity index (χ0n) is 8.97. The van der Waals surface area contributed by atoms with Gasteiger partial charge in [0.1, 0.15) is 11.6 Å². The largest absolute Gasteiger partial charge is 0.495 e. The summed E-state index contributed by atoms with van der Waals surface area (Å²) in [4.78, 5) is 17.4. The average molecular weight is 244 g/mol. The molecule has 16 heavy (non-hydrogen) atoms. The van der Waals surface area contributed by atoms with E-state index in [0.29, 0.717) is 24.7 Å². The SMILES string of the molecule is COc1ccc(N2CCNCC2=O)nc1.Cl. The zero-order chi connectivity index (χ0) is 10.7. The van der Waals surface area contributed by atoms with E-state index in [1.54, 1.807) is 30.3 Å². The van der Waals surface area contributed by atoms with Crippen molar-refractivity contribution in [3.05, 3.63) is 18.3 Å². The molecule has 0 unspecified atom stereocenters. The van der Waals surface area contributed by atoms with E-state index < -0.39 is 0 Å². The average Bonchev–Trinajstić information content (AvgIpc) is 2.30. The minimum atomic E-state index is 0. The molecule has 0 aromatic carbocycles. The third-order valence-corrected chi connectivity index (χ3v) is 2.32. The maximum atomic E-state index is 11.5. The number of halogens is 1. The molecule has 0 radical (unpaired) electrons. The van der Waals surface area contributed by atoms with Crippen LogP contribution < -0.4 is 15.0 Å². The number of hydrogen-bond donors (Lipinski definition) is 1. The smallest absolute Gasteiger partial charge is 0.242 e. The highest BCUT2D eigenvalue weighted by molar-refractivity contribution is 5.94. The lowest BCUT2D eigenvalue weighted by Gasteiger charge is -2.26. The molecule has 1 aromatic heterocycles. The Labute approximate surface area is 100 Å². The molecule has 1 N–H and O–H groups in total. The highest BCUT2D eigenvalue weighted by Gasteiger charge is 2.19. The maximum Gasteiger partial charge on any atom is 0.242 e. The first kappa shape index (κ1) is 12.7. The second kappa shape index (κ2) is 5.67. The number of piperazine rings is 1. The molecule has 1 aliphatic rings. The second-order valence-corrected chi connectivity index (χ2v) is 3.28. The third-order valence-electron chi connectivity index (χ3n) is 2.32. The van der Waals surface area contributed by atoms with Gasteiger partial charge < -0.3 is 10.1 Å². The lowest BCUT2D eigenvalue weighted by atomic mass is 10.3. The van der Waals surface area contributed by atoms with Gasteiger partial charge in [0.25, 0.3) is 0 Å². The van der Waals surface area contributed by atoms with E-state index in [1.807, 2.05) is 0 Å². The molecule has 88 valence electrons. The summed E-state index contributed by atoms with van der Waals surface area (Å²) in [5.41, 5.74) is 0. The first-order chi connectivity index (χ1) is 7.31. The van der Waals surface area contributed by atoms with Crippen LogP contribution in [0, 0.1) is 0 Å². The molecule has 0 saturated carbocycles. The zero-order valence-corrected chi connectivity index (χ0v) is 9.79. The molecule has 0 atom stereocenters. The van der Waals surface area contributed by atoms with Gasteiger partial charge in [-0.05, 0) is 12.1 Å². The molecule has 1 saturated heterocycles. The number of carbonyl (C=O) groups excluding carboxylic acids is 1. The van der Waals surface area contributed by atoms with Crippen molar-refractivity contribution >= 4 is 24.1 Å². The van der Waals surface area contributed by atoms with Crippen LogP contribution in [0.1, 0.15) is 0 Å². The summed E-state index contributed by atoms with van der Waals surface area (Å²) < 4.78 is 5.01. The van der Waals surface area contributed by atoms with Crippen molar-refractivity contribution in [1.82, 2.24) is 10.3 Å². The molecular formula is C10H14ClN3O2. The van der Waals surface area contributed by atoms with E-state index in [2.05, 4.69) is 10.3 Å². The van der Waals surface area contributed by atoms with Crippen LogP contribution in [0.3, 0.4) is 0 Å². The number of hydrogen-bond acceptors (Lipinski definition) is 4. The number of pyridine rings is 1. The number of aromatic nitrogens is 1. The summed E-state index contributed by atoms with van der Waals surface area (Å²) in [7, 11) is 1.59. The molecule has 1 aliphatic heterocycles. The molecule has 2 heterocycles. The number of carbonyl (C=O) groups is 1. The Morgan fingerprint density at radius 3 is 2.88 bits per heavy atom. The molecule has 0 bridgehead atoms. The number of nitrogens with one attached hydrogen (secondary N) is 1. The van der Waals surface area contributed by atoms with Gasteiger partial charge in [-0.1, -0.05) is 0 Å². The number of ether oxygens (including phenoxy) is 1. The normalized spacial score (nSPS) is 15.6. The first-order valence-electron chi connectivity index (χ1n) is 4.82. The topological polar surface area (TPSA) is 54.5 Å². The Balaban J connectivity index is 0.00000128. The van der Waals surface area contributed by atoms with Gasteiger partial charge in [-0.3, -0.25) is 9.69 Å². The Kier molecular flexibility index (Phi) is 4.52. The Morgan fingerprint density at radius 2 is 2.31 bits per heavy atom. The van der Waals surface area contributed by atoms with Crippen molar-refractivity contribution in [3.63, 3.8) is 0 Å². The van der Waals surface area contributed by atoms with Crippen LogP contribution in [0.5, 0.6) is 5.75 Å². The van der Waals surface area contributed by atoms with Crippen molar-refractivity contribution < 1.29 is 9.53 Å². The van der Waals surface area contributed by atoms with Gasteiger partial charge in [-0.25, -0.2) is 4.98 Å². The summed E-state index contributed by atoms with van der Waals surface area (Å²) in [6.07, 6.45) is 1.62. The number of anilines is 1. The van der Waals surface area contributed by atoms with E-state index in [0.717, 1.165) is 6.54 Å². The number of methoxy groups -OCH3 is 1. The van der Waals surface area contributed by atoms with Gasteiger partial charge in [0.15, 0.2) is 0 Å². The monoisotopic (exact) mass is 243 g/mol. The number of amides is 1. The van der Waals surface area contributed by atoms with Crippen LogP contribution in [0.4, 0.5) is 5.82 Å². The molecule has 1 amide bonds. The standard InChI is InChI=1S/C10H13N3O2.ClH/c1-15-8-2-3-9(12-6-8)13-5-4-11-7-10(13)14;/h2-3,6,11H,4-5,7H2,1H3;1H. The van der Waals surface area contributed by atoms with E-state index in [4.69, 9.17) is 4.74 Å². The van der Waals surface area contributed by atoms with Gasteiger partial charge in [-0.2, -0.15) is 0 Å². The third kappa shape index (κ3) is 2.62. The number of rotatable bonds is 2. The summed E-state index contributed by atoms with van der Waals surface area (Å²) in [6, 6.07) is 3.60. The molecule has 2 rings (SSSR count). The maximum absolute atomic E-state index is 11.5. The van der Waals surface area contributed by atoms with E-state index in [1.165, 1.54) is 0 Å². The first-order valence-corrected chi connectivity index (χ1v) is 4.82. The summed E-state index contributed by atoms with van der Waals surface area (Å²) >= 11 is 0. The molecule has 0 spiro atoms. The highest BCUT2D eigenvalue weighted by atomic mass is 35.5. The molecule has 1 fully saturated rings. The highest BCUT2D eigenvalue weighted by Crippen LogP contribution is 2.15. The lowest BCUT2D eigenvalue weighted by Crippen LogP contribution is -2.48. The molecule has 6 heteroatoms. The minimum absolute atomic E-state index is 0. The molecule has 5 nitrogen and oxygen atoms in total. The van der Waals surface area contributed by atoms with Crippen LogP contribution in [-0.4, -0.2) is 37.6 Å². The van der Waals surface area contributed by atoms with Crippen molar-refractivity contribution in [2.24, 2.45) is 0 Å². The minimum Gasteiger partial charge on any atom is -0.495 e. The van der Waals surface area contributed by atoms with Crippen LogP contribution in [0.25, 0.3) is 0 Å². The molecular weight excluding hydrogens is 230 g/mol. The van der Waals surface area contributed by atoms with Crippen molar-refractivity contribution in [3.8, 4) is 5.75 Å². The van der Waals surface area contributed by atoms with Gasteiger partial charge in [0, 0.05) is 13.1 Å². The summed E-state index contributed by atoms with van der Waals surface area (Å²) in [5.74, 6) is 1.43. The van der Waals surface area contributed by atoms with Crippen LogP contribution in [-0.2, 0) is 4.79 Å². The lowest BCUT2D eigenvalue weighted by molar-refractivity contribution is -0.118. The Hall–Kier alpha value is -1.33. The van der Waals surface area contributed by atoms with Crippen LogP contribution in [0.15, 0.2) is 18.3 Å². The second-order valence-electron chi connectivity index (χ2n) is 3.28. The fourth-order valence-corrected chi connectivity index (χ4v) is 1.50. The quantitative estimate of drug-likeness (QED) is 0.820. The Bertz CT molecular complexity index is 356. The summed E-state index contributed by atoms with van der Waals surface area (Å²) in [5, 5.41) is 3.01. The van der Waals surface area contributed by atoms with E-state index in [-0.39, 0.29) is 18.3 Å². The van der Waals surface area contributed by atoms with E-state index >= 15 is 0 Å². The predicted octanol–water partition coefficient (Wildman–Crippen LogP) is 0.448. The van der Waals surface area contributed by atoms with Crippen molar-refractivity contribution in [2.75, 3.05) is 31.6 Å². The summed E-state index contributed by atoms with van der Waals surface area (Å²) in [6.45, 7) is 1.85. The van der Waals surface area contributed by atoms with Gasteiger partial charge >= 0.3 is 0 Å². The number of nitrogens with zero attached hydrogens (tertiary/aromatic N) is 2.